The van der Waals surface area contributed by atoms with Gasteiger partial charge in [0.2, 0.25) is 0 Å². The maximum Gasteiger partial charge on any atom is 0.0927 e. The van der Waals surface area contributed by atoms with Crippen LogP contribution in [0.2, 0.25) is 0 Å². The lowest BCUT2D eigenvalue weighted by atomic mass is 9.58. The Labute approximate surface area is 245 Å². The van der Waals surface area contributed by atoms with Crippen molar-refractivity contribution in [2.45, 2.75) is 75.9 Å². The molecule has 6 nitrogen and oxygen atoms in total. The third-order valence-electron chi connectivity index (χ3n) is 10.8. The van der Waals surface area contributed by atoms with Crippen LogP contribution in [0, 0.1) is 17.3 Å². The molecule has 2 fully saturated rings. The molecule has 0 radical (unpaired) electrons. The van der Waals surface area contributed by atoms with Gasteiger partial charge in [-0.25, -0.2) is 0 Å². The number of hydrogen-bond acceptors (Lipinski definition) is 6. The second-order valence-corrected chi connectivity index (χ2v) is 13.1. The first-order valence-electron chi connectivity index (χ1n) is 15.9. The van der Waals surface area contributed by atoms with E-state index in [4.69, 9.17) is 14.2 Å². The summed E-state index contributed by atoms with van der Waals surface area (Å²) in [5, 5.41) is 18.7. The summed E-state index contributed by atoms with van der Waals surface area (Å²) in [5.74, 6) is 1.32. The average Bonchev–Trinajstić information content (AvgIpc) is 3.28. The molecule has 1 aromatic heterocycles. The largest absolute Gasteiger partial charge is 0.385 e. The van der Waals surface area contributed by atoms with Gasteiger partial charge in [0, 0.05) is 37.5 Å². The molecule has 0 bridgehead atoms. The minimum atomic E-state index is -0.716. The van der Waals surface area contributed by atoms with Gasteiger partial charge in [0.05, 0.1) is 38.6 Å². The summed E-state index contributed by atoms with van der Waals surface area (Å²) in [7, 11) is 1.68. The first kappa shape index (κ1) is 29.0. The van der Waals surface area contributed by atoms with E-state index in [1.165, 1.54) is 21.9 Å². The minimum Gasteiger partial charge on any atom is -0.385 e. The Kier molecular flexibility index (Phi) is 8.94. The first-order chi connectivity index (χ1) is 20.0. The van der Waals surface area contributed by atoms with E-state index in [0.717, 1.165) is 57.9 Å². The lowest BCUT2D eigenvalue weighted by Gasteiger charge is -2.49. The van der Waals surface area contributed by atoms with E-state index in [9.17, 15) is 5.11 Å². The van der Waals surface area contributed by atoms with Crippen molar-refractivity contribution in [1.82, 2.24) is 10.3 Å². The molecule has 1 heterocycles. The van der Waals surface area contributed by atoms with E-state index in [2.05, 4.69) is 53.6 Å². The van der Waals surface area contributed by atoms with Crippen LogP contribution in [-0.2, 0) is 14.2 Å². The van der Waals surface area contributed by atoms with E-state index >= 15 is 0 Å². The van der Waals surface area contributed by atoms with E-state index in [1.54, 1.807) is 12.7 Å². The van der Waals surface area contributed by atoms with E-state index in [0.29, 0.717) is 56.8 Å². The number of benzene rings is 1. The van der Waals surface area contributed by atoms with Crippen molar-refractivity contribution in [3.8, 4) is 0 Å². The lowest BCUT2D eigenvalue weighted by molar-refractivity contribution is -0.0473. The Morgan fingerprint density at radius 3 is 2.73 bits per heavy atom. The minimum absolute atomic E-state index is 0.0705. The lowest BCUT2D eigenvalue weighted by Crippen LogP contribution is -2.49. The summed E-state index contributed by atoms with van der Waals surface area (Å²) in [5.41, 5.74) is 3.55. The molecular formula is C35H48N2O4. The monoisotopic (exact) mass is 560 g/mol. The Morgan fingerprint density at radius 2 is 1.85 bits per heavy atom. The molecule has 5 unspecified atom stereocenters. The zero-order valence-corrected chi connectivity index (χ0v) is 24.9. The Bertz CT molecular complexity index is 1260. The van der Waals surface area contributed by atoms with Crippen molar-refractivity contribution in [3.05, 3.63) is 65.5 Å². The van der Waals surface area contributed by atoms with Crippen molar-refractivity contribution in [3.63, 3.8) is 0 Å². The normalized spacial score (nSPS) is 33.0. The highest BCUT2D eigenvalue weighted by atomic mass is 16.5. The summed E-state index contributed by atoms with van der Waals surface area (Å²) in [6, 6.07) is 9.53. The van der Waals surface area contributed by atoms with E-state index in [1.807, 2.05) is 12.4 Å². The Balaban J connectivity index is 1.06. The van der Waals surface area contributed by atoms with Crippen LogP contribution in [0.25, 0.3) is 10.8 Å². The molecule has 0 saturated heterocycles. The number of pyridine rings is 1. The number of ether oxygens (including phenoxy) is 3. The molecule has 6 atom stereocenters. The maximum absolute atomic E-state index is 12.5. The molecular weight excluding hydrogens is 512 g/mol. The third kappa shape index (κ3) is 5.92. The molecule has 2 N–H and O–H groups in total. The number of aromatic nitrogens is 1. The molecule has 4 aliphatic rings. The van der Waals surface area contributed by atoms with Crippen LogP contribution in [0.5, 0.6) is 0 Å². The van der Waals surface area contributed by atoms with Crippen LogP contribution < -0.4 is 5.32 Å². The summed E-state index contributed by atoms with van der Waals surface area (Å²) in [4.78, 5) is 4.36. The van der Waals surface area contributed by atoms with Crippen molar-refractivity contribution in [2.24, 2.45) is 17.3 Å². The number of fused-ring (bicyclic) bond motifs is 5. The molecule has 41 heavy (non-hydrogen) atoms. The smallest absolute Gasteiger partial charge is 0.0927 e. The van der Waals surface area contributed by atoms with Gasteiger partial charge in [0.15, 0.2) is 0 Å². The summed E-state index contributed by atoms with van der Waals surface area (Å²) in [6.45, 7) is 6.51. The van der Waals surface area contributed by atoms with Gasteiger partial charge in [-0.15, -0.1) is 0 Å². The van der Waals surface area contributed by atoms with E-state index in [-0.39, 0.29) is 5.41 Å². The van der Waals surface area contributed by atoms with Gasteiger partial charge in [-0.3, -0.25) is 4.98 Å². The molecule has 0 spiro atoms. The topological polar surface area (TPSA) is 72.8 Å². The average molecular weight is 561 g/mol. The highest BCUT2D eigenvalue weighted by Gasteiger charge is 2.58. The zero-order chi connectivity index (χ0) is 28.3. The van der Waals surface area contributed by atoms with Crippen LogP contribution in [-0.4, -0.2) is 68.4 Å². The van der Waals surface area contributed by atoms with Crippen LogP contribution in [0.1, 0.15) is 69.8 Å². The standard InChI is InChI=1S/C35H48N2O4/c1-34-12-10-30-22-26-5-6-31(37-15-16-40-19-20-41-18-17-39-2)23-27(26)9-13-35(30,38)33(34)8-7-32(34)28-4-3-25-11-14-36-24-29(25)21-28/h3-4,10-11,14,21-22,24,27,31-33,37-38H,5-9,12-13,15-20,23H2,1-2H3/t27?,31?,32?,33?,34?,35-/m1/s1. The number of rotatable bonds is 11. The quantitative estimate of drug-likeness (QED) is 0.331. The molecule has 222 valence electrons. The van der Waals surface area contributed by atoms with Crippen LogP contribution in [0.15, 0.2) is 60.0 Å². The Morgan fingerprint density at radius 1 is 1.00 bits per heavy atom. The molecule has 2 aromatic rings. The van der Waals surface area contributed by atoms with Crippen LogP contribution in [0.4, 0.5) is 0 Å². The van der Waals surface area contributed by atoms with Crippen LogP contribution >= 0.6 is 0 Å². The van der Waals surface area contributed by atoms with Gasteiger partial charge in [-0.05, 0) is 103 Å². The molecule has 6 heteroatoms. The van der Waals surface area contributed by atoms with Crippen molar-refractivity contribution in [2.75, 3.05) is 46.7 Å². The van der Waals surface area contributed by atoms with E-state index < -0.39 is 5.60 Å². The highest BCUT2D eigenvalue weighted by Crippen LogP contribution is 2.64. The molecule has 0 aliphatic heterocycles. The summed E-state index contributed by atoms with van der Waals surface area (Å²) in [6.07, 6.45) is 17.4. The molecule has 2 saturated carbocycles. The number of hydrogen-bond donors (Lipinski definition) is 2. The van der Waals surface area contributed by atoms with Crippen LogP contribution in [0.3, 0.4) is 0 Å². The maximum atomic E-state index is 12.5. The fraction of sp³-hybridized carbons (Fsp3) is 0.629. The molecule has 1 aromatic carbocycles. The number of nitrogens with zero attached hydrogens (tertiary/aromatic N) is 1. The first-order valence-corrected chi connectivity index (χ1v) is 15.9. The number of nitrogens with one attached hydrogen (secondary N) is 1. The van der Waals surface area contributed by atoms with Crippen molar-refractivity contribution in [1.29, 1.82) is 0 Å². The highest BCUT2D eigenvalue weighted by molar-refractivity contribution is 5.82. The number of methoxy groups -OCH3 is 1. The summed E-state index contributed by atoms with van der Waals surface area (Å²) >= 11 is 0. The Hall–Kier alpha value is -2.09. The van der Waals surface area contributed by atoms with Gasteiger partial charge in [-0.2, -0.15) is 0 Å². The second kappa shape index (κ2) is 12.6. The van der Waals surface area contributed by atoms with Crippen molar-refractivity contribution >= 4 is 10.8 Å². The summed E-state index contributed by atoms with van der Waals surface area (Å²) < 4.78 is 16.2. The van der Waals surface area contributed by atoms with Gasteiger partial charge < -0.3 is 24.6 Å². The van der Waals surface area contributed by atoms with Crippen molar-refractivity contribution < 1.29 is 19.3 Å². The molecule has 6 rings (SSSR count). The predicted molar refractivity (Wildman–Crippen MR) is 163 cm³/mol. The number of aliphatic hydroxyl groups is 1. The van der Waals surface area contributed by atoms with Gasteiger partial charge in [0.1, 0.15) is 0 Å². The van der Waals surface area contributed by atoms with Gasteiger partial charge >= 0.3 is 0 Å². The SMILES string of the molecule is COCCOCCOCCNC1CCC2=CC3=CCC4(C)C(c5ccc6ccncc6c5)CCC4[C@@]3(O)CCC2C1. The fourth-order valence-corrected chi connectivity index (χ4v) is 8.61. The zero-order valence-electron chi connectivity index (χ0n) is 24.9. The predicted octanol–water partition coefficient (Wildman–Crippen LogP) is 5.95. The van der Waals surface area contributed by atoms with Gasteiger partial charge in [-0.1, -0.05) is 36.8 Å². The molecule has 4 aliphatic carbocycles. The number of allylic oxidation sites excluding steroid dienone is 2. The van der Waals surface area contributed by atoms with Gasteiger partial charge in [0.25, 0.3) is 0 Å². The molecule has 0 amide bonds. The second-order valence-electron chi connectivity index (χ2n) is 13.1. The third-order valence-corrected chi connectivity index (χ3v) is 10.8. The fourth-order valence-electron chi connectivity index (χ4n) is 8.61.